The van der Waals surface area contributed by atoms with Crippen LogP contribution < -0.4 is 21.1 Å². The second-order valence-corrected chi connectivity index (χ2v) is 6.12. The number of hydrogen-bond donors (Lipinski definition) is 2. The summed E-state index contributed by atoms with van der Waals surface area (Å²) in [5.41, 5.74) is 2.58. The Morgan fingerprint density at radius 2 is 1.52 bits per heavy atom. The quantitative estimate of drug-likeness (QED) is 0.643. The first kappa shape index (κ1) is 14.3. The van der Waals surface area contributed by atoms with Gasteiger partial charge in [-0.3, -0.25) is 5.43 Å². The van der Waals surface area contributed by atoms with Crippen molar-refractivity contribution in [3.05, 3.63) is 0 Å². The highest BCUT2D eigenvalue weighted by molar-refractivity contribution is 5.45. The second kappa shape index (κ2) is 6.43. The highest BCUT2D eigenvalue weighted by Crippen LogP contribution is 2.23. The average Bonchev–Trinajstić information content (AvgIpc) is 2.96. The van der Waals surface area contributed by atoms with Crippen molar-refractivity contribution in [2.24, 2.45) is 11.8 Å². The van der Waals surface area contributed by atoms with Gasteiger partial charge in [0.05, 0.1) is 0 Å². The Balaban J connectivity index is 1.84. The summed E-state index contributed by atoms with van der Waals surface area (Å²) in [7, 11) is 0. The molecule has 3 rings (SSSR count). The first-order valence-corrected chi connectivity index (χ1v) is 7.99. The molecule has 3 N–H and O–H groups in total. The SMILES string of the molecule is CC1CCCN(c2nc(NN)nc(N3CCCC3)n2)CC1. The fourth-order valence-electron chi connectivity index (χ4n) is 3.08. The number of nitrogens with two attached hydrogens (primary N) is 1. The van der Waals surface area contributed by atoms with Crippen LogP contribution in [0.15, 0.2) is 0 Å². The molecule has 116 valence electrons. The largest absolute Gasteiger partial charge is 0.341 e. The third kappa shape index (κ3) is 3.34. The van der Waals surface area contributed by atoms with Crippen LogP contribution in [0, 0.1) is 5.92 Å². The monoisotopic (exact) mass is 291 g/mol. The minimum Gasteiger partial charge on any atom is -0.341 e. The van der Waals surface area contributed by atoms with Crippen molar-refractivity contribution in [3.8, 4) is 0 Å². The molecule has 2 aliphatic heterocycles. The first-order chi connectivity index (χ1) is 10.3. The van der Waals surface area contributed by atoms with Gasteiger partial charge in [-0.2, -0.15) is 15.0 Å². The minimum atomic E-state index is 0.458. The maximum atomic E-state index is 5.53. The molecule has 7 heteroatoms. The second-order valence-electron chi connectivity index (χ2n) is 6.12. The molecule has 0 aromatic carbocycles. The lowest BCUT2D eigenvalue weighted by molar-refractivity contribution is 0.521. The molecule has 0 spiro atoms. The first-order valence-electron chi connectivity index (χ1n) is 7.99. The molecule has 0 radical (unpaired) electrons. The smallest absolute Gasteiger partial charge is 0.243 e. The summed E-state index contributed by atoms with van der Waals surface area (Å²) >= 11 is 0. The van der Waals surface area contributed by atoms with Crippen molar-refractivity contribution in [1.82, 2.24) is 15.0 Å². The molecule has 1 unspecified atom stereocenters. The van der Waals surface area contributed by atoms with Gasteiger partial charge in [-0.15, -0.1) is 0 Å². The van der Waals surface area contributed by atoms with E-state index in [2.05, 4.69) is 37.1 Å². The molecule has 0 amide bonds. The van der Waals surface area contributed by atoms with Crippen molar-refractivity contribution in [2.45, 2.75) is 39.0 Å². The Hall–Kier alpha value is -1.63. The van der Waals surface area contributed by atoms with Crippen LogP contribution in [0.1, 0.15) is 39.0 Å². The van der Waals surface area contributed by atoms with Crippen LogP contribution in [-0.2, 0) is 0 Å². The van der Waals surface area contributed by atoms with E-state index < -0.39 is 0 Å². The van der Waals surface area contributed by atoms with E-state index in [1.807, 2.05) is 0 Å². The number of nitrogen functional groups attached to an aromatic ring is 1. The summed E-state index contributed by atoms with van der Waals surface area (Å²) in [6.45, 7) is 6.38. The lowest BCUT2D eigenvalue weighted by Crippen LogP contribution is -2.29. The van der Waals surface area contributed by atoms with Gasteiger partial charge in [-0.1, -0.05) is 6.92 Å². The average molecular weight is 291 g/mol. The normalized spacial score (nSPS) is 23.2. The van der Waals surface area contributed by atoms with Crippen molar-refractivity contribution >= 4 is 17.8 Å². The van der Waals surface area contributed by atoms with Gasteiger partial charge in [0.2, 0.25) is 17.8 Å². The highest BCUT2D eigenvalue weighted by atomic mass is 15.4. The summed E-state index contributed by atoms with van der Waals surface area (Å²) in [5.74, 6) is 8.28. The Morgan fingerprint density at radius 1 is 0.905 bits per heavy atom. The zero-order valence-electron chi connectivity index (χ0n) is 12.8. The van der Waals surface area contributed by atoms with Gasteiger partial charge in [0.25, 0.3) is 0 Å². The molecular formula is C14H25N7. The maximum Gasteiger partial charge on any atom is 0.243 e. The van der Waals surface area contributed by atoms with E-state index in [9.17, 15) is 0 Å². The molecule has 2 aliphatic rings. The summed E-state index contributed by atoms with van der Waals surface area (Å²) in [5, 5.41) is 0. The molecule has 2 saturated heterocycles. The summed E-state index contributed by atoms with van der Waals surface area (Å²) in [6.07, 6.45) is 6.07. The molecule has 1 aromatic heterocycles. The number of nitrogens with zero attached hydrogens (tertiary/aromatic N) is 5. The van der Waals surface area contributed by atoms with Gasteiger partial charge in [0.1, 0.15) is 0 Å². The fraction of sp³-hybridized carbons (Fsp3) is 0.786. The van der Waals surface area contributed by atoms with Crippen LogP contribution in [0.25, 0.3) is 0 Å². The number of nitrogens with one attached hydrogen (secondary N) is 1. The molecule has 0 saturated carbocycles. The van der Waals surface area contributed by atoms with Crippen LogP contribution in [0.2, 0.25) is 0 Å². The van der Waals surface area contributed by atoms with Crippen LogP contribution in [0.5, 0.6) is 0 Å². The van der Waals surface area contributed by atoms with Gasteiger partial charge >= 0.3 is 0 Å². The molecule has 0 bridgehead atoms. The number of hydrazine groups is 1. The third-order valence-corrected chi connectivity index (χ3v) is 4.43. The van der Waals surface area contributed by atoms with Gasteiger partial charge in [-0.05, 0) is 38.0 Å². The molecule has 2 fully saturated rings. The Labute approximate surface area is 125 Å². The fourth-order valence-corrected chi connectivity index (χ4v) is 3.08. The van der Waals surface area contributed by atoms with Crippen molar-refractivity contribution < 1.29 is 0 Å². The van der Waals surface area contributed by atoms with Gasteiger partial charge in [0, 0.05) is 26.2 Å². The topological polar surface area (TPSA) is 83.2 Å². The predicted molar refractivity (Wildman–Crippen MR) is 84.3 cm³/mol. The van der Waals surface area contributed by atoms with Crippen LogP contribution >= 0.6 is 0 Å². The van der Waals surface area contributed by atoms with Crippen LogP contribution in [0.4, 0.5) is 17.8 Å². The molecule has 7 nitrogen and oxygen atoms in total. The van der Waals surface area contributed by atoms with E-state index >= 15 is 0 Å². The van der Waals surface area contributed by atoms with E-state index in [-0.39, 0.29) is 0 Å². The Kier molecular flexibility index (Phi) is 4.38. The number of rotatable bonds is 3. The van der Waals surface area contributed by atoms with E-state index in [1.54, 1.807) is 0 Å². The Morgan fingerprint density at radius 3 is 2.19 bits per heavy atom. The standard InChI is InChI=1S/C14H25N7/c1-11-5-4-9-21(10-6-11)14-17-12(19-15)16-13(18-14)20-7-2-3-8-20/h11H,2-10,15H2,1H3,(H,16,17,18,19). The lowest BCUT2D eigenvalue weighted by atomic mass is 10.0. The van der Waals surface area contributed by atoms with Crippen molar-refractivity contribution in [2.75, 3.05) is 41.4 Å². The van der Waals surface area contributed by atoms with E-state index in [1.165, 1.54) is 32.1 Å². The molecule has 1 atom stereocenters. The summed E-state index contributed by atoms with van der Waals surface area (Å²) in [4.78, 5) is 18.0. The van der Waals surface area contributed by atoms with E-state index in [0.717, 1.165) is 44.0 Å². The Bertz CT molecular complexity index is 472. The number of aromatic nitrogens is 3. The minimum absolute atomic E-state index is 0.458. The number of anilines is 3. The van der Waals surface area contributed by atoms with Crippen molar-refractivity contribution in [3.63, 3.8) is 0 Å². The summed E-state index contributed by atoms with van der Waals surface area (Å²) < 4.78 is 0. The van der Waals surface area contributed by atoms with E-state index in [0.29, 0.717) is 5.95 Å². The van der Waals surface area contributed by atoms with Crippen LogP contribution in [0.3, 0.4) is 0 Å². The zero-order valence-corrected chi connectivity index (χ0v) is 12.8. The molecule has 3 heterocycles. The van der Waals surface area contributed by atoms with Gasteiger partial charge in [-0.25, -0.2) is 5.84 Å². The predicted octanol–water partition coefficient (Wildman–Crippen LogP) is 1.38. The number of hydrogen-bond acceptors (Lipinski definition) is 7. The molecule has 21 heavy (non-hydrogen) atoms. The molecule has 0 aliphatic carbocycles. The van der Waals surface area contributed by atoms with Crippen LogP contribution in [-0.4, -0.2) is 41.1 Å². The molecule has 1 aromatic rings. The zero-order chi connectivity index (χ0) is 14.7. The van der Waals surface area contributed by atoms with Crippen molar-refractivity contribution in [1.29, 1.82) is 0 Å². The highest BCUT2D eigenvalue weighted by Gasteiger charge is 2.21. The van der Waals surface area contributed by atoms with E-state index in [4.69, 9.17) is 5.84 Å². The van der Waals surface area contributed by atoms with Gasteiger partial charge < -0.3 is 9.80 Å². The maximum absolute atomic E-state index is 5.53. The summed E-state index contributed by atoms with van der Waals surface area (Å²) in [6, 6.07) is 0. The van der Waals surface area contributed by atoms with Gasteiger partial charge in [0.15, 0.2) is 0 Å². The molecular weight excluding hydrogens is 266 g/mol. The lowest BCUT2D eigenvalue weighted by Gasteiger charge is -2.23. The third-order valence-electron chi connectivity index (χ3n) is 4.43.